The maximum Gasteiger partial charge on any atom is 0.417 e. The van der Waals surface area contributed by atoms with Crippen LogP contribution in [0.15, 0.2) is 12.3 Å². The van der Waals surface area contributed by atoms with Gasteiger partial charge in [0.2, 0.25) is 5.91 Å². The fourth-order valence-electron chi connectivity index (χ4n) is 1.87. The molecule has 0 aliphatic carbocycles. The summed E-state index contributed by atoms with van der Waals surface area (Å²) in [5.41, 5.74) is -1.44. The molecule has 1 heterocycles. The van der Waals surface area contributed by atoms with Gasteiger partial charge in [0, 0.05) is 6.92 Å². The van der Waals surface area contributed by atoms with Gasteiger partial charge in [-0.15, -0.1) is 0 Å². The second kappa shape index (κ2) is 6.51. The fraction of sp³-hybridized carbons (Fsp3) is 0.154. The van der Waals surface area contributed by atoms with Crippen molar-refractivity contribution in [1.82, 2.24) is 9.78 Å². The molecule has 5 nitrogen and oxygen atoms in total. The van der Waals surface area contributed by atoms with E-state index in [0.717, 1.165) is 10.9 Å². The van der Waals surface area contributed by atoms with E-state index in [1.165, 1.54) is 6.92 Å². The largest absolute Gasteiger partial charge is 0.417 e. The molecule has 0 aliphatic rings. The molecule has 0 saturated heterocycles. The predicted molar refractivity (Wildman–Crippen MR) is 82.6 cm³/mol. The normalized spacial score (nSPS) is 11.2. The number of amides is 1. The lowest BCUT2D eigenvalue weighted by molar-refractivity contribution is -0.137. The number of alkyl halides is 3. The van der Waals surface area contributed by atoms with Gasteiger partial charge in [-0.05, 0) is 6.07 Å². The average Bonchev–Trinajstić information content (AvgIpc) is 2.84. The van der Waals surface area contributed by atoms with Crippen LogP contribution in [-0.2, 0) is 11.0 Å². The van der Waals surface area contributed by atoms with Crippen molar-refractivity contribution in [3.8, 4) is 11.8 Å². The van der Waals surface area contributed by atoms with Gasteiger partial charge >= 0.3 is 6.18 Å². The molecule has 1 aromatic carbocycles. The molecule has 0 saturated carbocycles. The van der Waals surface area contributed by atoms with Gasteiger partial charge in [-0.25, -0.2) is 4.68 Å². The number of halogens is 6. The number of nitriles is 1. The van der Waals surface area contributed by atoms with E-state index in [1.807, 2.05) is 0 Å². The fourth-order valence-corrected chi connectivity index (χ4v) is 2.74. The molecule has 126 valence electrons. The number of rotatable bonds is 2. The molecular formula is C13H6Cl3F3N4O. The summed E-state index contributed by atoms with van der Waals surface area (Å²) in [7, 11) is 0. The molecule has 1 aromatic heterocycles. The van der Waals surface area contributed by atoms with Crippen LogP contribution in [0.25, 0.3) is 5.69 Å². The van der Waals surface area contributed by atoms with Gasteiger partial charge in [0.1, 0.15) is 17.3 Å². The first-order chi connectivity index (χ1) is 11.1. The Hall–Kier alpha value is -1.95. The van der Waals surface area contributed by atoms with Crippen molar-refractivity contribution in [2.24, 2.45) is 0 Å². The van der Waals surface area contributed by atoms with Crippen LogP contribution < -0.4 is 5.32 Å². The van der Waals surface area contributed by atoms with E-state index in [1.54, 1.807) is 6.07 Å². The van der Waals surface area contributed by atoms with Gasteiger partial charge < -0.3 is 5.32 Å². The van der Waals surface area contributed by atoms with E-state index in [-0.39, 0.29) is 17.1 Å². The number of carbonyl (C=O) groups excluding carboxylic acids is 1. The summed E-state index contributed by atoms with van der Waals surface area (Å²) < 4.78 is 39.7. The van der Waals surface area contributed by atoms with Crippen LogP contribution in [0.4, 0.5) is 19.0 Å². The first kappa shape index (κ1) is 18.4. The molecule has 0 radical (unpaired) electrons. The van der Waals surface area contributed by atoms with Gasteiger partial charge in [-0.3, -0.25) is 4.79 Å². The highest BCUT2D eigenvalue weighted by molar-refractivity contribution is 6.45. The van der Waals surface area contributed by atoms with Crippen LogP contribution in [-0.4, -0.2) is 15.7 Å². The molecule has 1 amide bonds. The van der Waals surface area contributed by atoms with Crippen LogP contribution in [0.1, 0.15) is 18.1 Å². The molecular weight excluding hydrogens is 392 g/mol. The summed E-state index contributed by atoms with van der Waals surface area (Å²) in [6.45, 7) is 1.18. The minimum atomic E-state index is -4.76. The molecule has 1 N–H and O–H groups in total. The predicted octanol–water partition coefficient (Wildman–Crippen LogP) is 4.68. The SMILES string of the molecule is CC(=O)Nc1c(C#N)cnn1-c1c(Cl)cc(C(F)(F)F)c(Cl)c1Cl. The van der Waals surface area contributed by atoms with E-state index in [4.69, 9.17) is 40.1 Å². The van der Waals surface area contributed by atoms with Crippen molar-refractivity contribution in [3.05, 3.63) is 38.5 Å². The van der Waals surface area contributed by atoms with Crippen molar-refractivity contribution in [2.75, 3.05) is 5.32 Å². The number of hydrogen-bond acceptors (Lipinski definition) is 3. The van der Waals surface area contributed by atoms with Crippen molar-refractivity contribution < 1.29 is 18.0 Å². The Balaban J connectivity index is 2.76. The number of nitrogens with one attached hydrogen (secondary N) is 1. The smallest absolute Gasteiger partial charge is 0.310 e. The summed E-state index contributed by atoms with van der Waals surface area (Å²) in [6, 6.07) is 2.38. The number of benzene rings is 1. The lowest BCUT2D eigenvalue weighted by atomic mass is 10.2. The Morgan fingerprint density at radius 3 is 2.46 bits per heavy atom. The molecule has 0 fully saturated rings. The molecule has 0 unspecified atom stereocenters. The molecule has 0 atom stereocenters. The molecule has 11 heteroatoms. The molecule has 0 aliphatic heterocycles. The summed E-state index contributed by atoms with van der Waals surface area (Å²) >= 11 is 17.5. The Labute approximate surface area is 148 Å². The molecule has 2 aromatic rings. The molecule has 0 bridgehead atoms. The number of nitrogens with zero attached hydrogens (tertiary/aromatic N) is 3. The highest BCUT2D eigenvalue weighted by atomic mass is 35.5. The number of aromatic nitrogens is 2. The number of anilines is 1. The first-order valence-corrected chi connectivity index (χ1v) is 7.22. The summed E-state index contributed by atoms with van der Waals surface area (Å²) in [4.78, 5) is 11.3. The van der Waals surface area contributed by atoms with E-state index in [2.05, 4.69) is 10.4 Å². The van der Waals surface area contributed by atoms with Crippen molar-refractivity contribution in [1.29, 1.82) is 5.26 Å². The summed E-state index contributed by atoms with van der Waals surface area (Å²) in [5.74, 6) is -0.622. The quantitative estimate of drug-likeness (QED) is 0.748. The Kier molecular flexibility index (Phi) is 4.99. The number of carbonyl (C=O) groups is 1. The van der Waals surface area contributed by atoms with Crippen LogP contribution in [0.2, 0.25) is 15.1 Å². The third-order valence-corrected chi connectivity index (χ3v) is 3.98. The van der Waals surface area contributed by atoms with Crippen LogP contribution in [0.3, 0.4) is 0 Å². The van der Waals surface area contributed by atoms with E-state index >= 15 is 0 Å². The zero-order chi connectivity index (χ0) is 18.2. The summed E-state index contributed by atoms with van der Waals surface area (Å²) in [5, 5.41) is 13.5. The van der Waals surface area contributed by atoms with E-state index in [9.17, 15) is 18.0 Å². The topological polar surface area (TPSA) is 70.7 Å². The maximum absolute atomic E-state index is 12.9. The van der Waals surface area contributed by atoms with Crippen LogP contribution >= 0.6 is 34.8 Å². The van der Waals surface area contributed by atoms with E-state index in [0.29, 0.717) is 6.07 Å². The second-order valence-corrected chi connectivity index (χ2v) is 5.66. The monoisotopic (exact) mass is 396 g/mol. The average molecular weight is 398 g/mol. The van der Waals surface area contributed by atoms with Crippen LogP contribution in [0.5, 0.6) is 0 Å². The highest BCUT2D eigenvalue weighted by Crippen LogP contribution is 2.44. The Bertz CT molecular complexity index is 871. The third-order valence-electron chi connectivity index (χ3n) is 2.84. The lowest BCUT2D eigenvalue weighted by Crippen LogP contribution is -2.14. The van der Waals surface area contributed by atoms with Crippen LogP contribution in [0, 0.1) is 11.3 Å². The summed E-state index contributed by atoms with van der Waals surface area (Å²) in [6.07, 6.45) is -3.66. The Morgan fingerprint density at radius 1 is 1.33 bits per heavy atom. The molecule has 2 rings (SSSR count). The van der Waals surface area contributed by atoms with Gasteiger partial charge in [0.15, 0.2) is 5.82 Å². The van der Waals surface area contributed by atoms with E-state index < -0.39 is 32.7 Å². The maximum atomic E-state index is 12.9. The second-order valence-electron chi connectivity index (χ2n) is 4.49. The molecule has 0 spiro atoms. The third kappa shape index (κ3) is 3.29. The highest BCUT2D eigenvalue weighted by Gasteiger charge is 2.36. The first-order valence-electron chi connectivity index (χ1n) is 6.08. The minimum absolute atomic E-state index is 0.0339. The zero-order valence-electron chi connectivity index (χ0n) is 11.7. The standard InChI is InChI=1S/C13H6Cl3F3N4O/c1-5(24)22-12-6(3-20)4-21-23(12)11-8(14)2-7(13(17,18)19)9(15)10(11)16/h2,4H,1H3,(H,22,24). The van der Waals surface area contributed by atoms with Gasteiger partial charge in [-0.2, -0.15) is 23.5 Å². The Morgan fingerprint density at radius 2 is 1.96 bits per heavy atom. The van der Waals surface area contributed by atoms with Gasteiger partial charge in [-0.1, -0.05) is 34.8 Å². The lowest BCUT2D eigenvalue weighted by Gasteiger charge is -2.16. The minimum Gasteiger partial charge on any atom is -0.310 e. The van der Waals surface area contributed by atoms with Crippen molar-refractivity contribution >= 4 is 46.5 Å². The van der Waals surface area contributed by atoms with Crippen molar-refractivity contribution in [3.63, 3.8) is 0 Å². The van der Waals surface area contributed by atoms with Gasteiger partial charge in [0.05, 0.1) is 26.8 Å². The zero-order valence-corrected chi connectivity index (χ0v) is 13.9. The molecule has 24 heavy (non-hydrogen) atoms. The van der Waals surface area contributed by atoms with Crippen molar-refractivity contribution in [2.45, 2.75) is 13.1 Å². The number of hydrogen-bond donors (Lipinski definition) is 1. The van der Waals surface area contributed by atoms with Gasteiger partial charge in [0.25, 0.3) is 0 Å².